The monoisotopic (exact) mass is 332 g/mol. The minimum atomic E-state index is 0.659. The molecule has 0 saturated heterocycles. The molecule has 0 radical (unpaired) electrons. The van der Waals surface area contributed by atoms with Gasteiger partial charge in [0.05, 0.1) is 11.6 Å². The van der Waals surface area contributed by atoms with Gasteiger partial charge < -0.3 is 4.57 Å². The van der Waals surface area contributed by atoms with E-state index in [1.165, 1.54) is 0 Å². The molecule has 1 aromatic heterocycles. The van der Waals surface area contributed by atoms with E-state index in [0.29, 0.717) is 5.57 Å². The highest BCUT2D eigenvalue weighted by molar-refractivity contribution is 6.30. The Bertz CT molecular complexity index is 926. The van der Waals surface area contributed by atoms with Crippen molar-refractivity contribution in [3.8, 4) is 11.8 Å². The van der Waals surface area contributed by atoms with Crippen molar-refractivity contribution < 1.29 is 0 Å². The van der Waals surface area contributed by atoms with Crippen LogP contribution in [0.4, 0.5) is 0 Å². The molecule has 0 aliphatic heterocycles. The van der Waals surface area contributed by atoms with Crippen LogP contribution in [0.3, 0.4) is 0 Å². The largest absolute Gasteiger partial charge is 0.318 e. The summed E-state index contributed by atoms with van der Waals surface area (Å²) < 4.78 is 2.17. The van der Waals surface area contributed by atoms with E-state index < -0.39 is 0 Å². The van der Waals surface area contributed by atoms with Gasteiger partial charge in [0.2, 0.25) is 0 Å². The second kappa shape index (κ2) is 6.78. The van der Waals surface area contributed by atoms with Crippen molar-refractivity contribution in [2.45, 2.75) is 13.8 Å². The lowest BCUT2D eigenvalue weighted by Crippen LogP contribution is -1.98. The van der Waals surface area contributed by atoms with Crippen molar-refractivity contribution in [2.24, 2.45) is 0 Å². The van der Waals surface area contributed by atoms with Crippen LogP contribution in [0, 0.1) is 25.2 Å². The summed E-state index contributed by atoms with van der Waals surface area (Å²) >= 11 is 5.98. The van der Waals surface area contributed by atoms with E-state index in [-0.39, 0.29) is 0 Å². The van der Waals surface area contributed by atoms with Crippen LogP contribution >= 0.6 is 11.6 Å². The normalized spacial score (nSPS) is 11.3. The molecule has 0 N–H and O–H groups in total. The number of nitrogens with zero attached hydrogens (tertiary/aromatic N) is 2. The number of halogens is 1. The minimum Gasteiger partial charge on any atom is -0.318 e. The van der Waals surface area contributed by atoms with Gasteiger partial charge in [-0.15, -0.1) is 0 Å². The highest BCUT2D eigenvalue weighted by Crippen LogP contribution is 2.25. The second-order valence-corrected chi connectivity index (χ2v) is 6.11. The number of hydrogen-bond donors (Lipinski definition) is 0. The van der Waals surface area contributed by atoms with Crippen LogP contribution in [0.1, 0.15) is 22.5 Å². The molecular formula is C21H17ClN2. The minimum absolute atomic E-state index is 0.659. The molecule has 118 valence electrons. The summed E-state index contributed by atoms with van der Waals surface area (Å²) in [4.78, 5) is 0. The summed E-state index contributed by atoms with van der Waals surface area (Å²) in [6.07, 6.45) is 1.95. The molecule has 0 atom stereocenters. The van der Waals surface area contributed by atoms with Crippen molar-refractivity contribution >= 4 is 23.3 Å². The topological polar surface area (TPSA) is 28.7 Å². The summed E-state index contributed by atoms with van der Waals surface area (Å²) in [5.41, 5.74) is 5.91. The molecule has 3 aromatic rings. The Morgan fingerprint density at radius 1 is 1.04 bits per heavy atom. The molecule has 1 heterocycles. The summed E-state index contributed by atoms with van der Waals surface area (Å²) in [6.45, 7) is 4.13. The molecule has 0 amide bonds. The Kier molecular flexibility index (Phi) is 4.55. The van der Waals surface area contributed by atoms with Gasteiger partial charge in [-0.05, 0) is 61.4 Å². The van der Waals surface area contributed by atoms with Crippen molar-refractivity contribution in [3.05, 3.63) is 88.2 Å². The predicted molar refractivity (Wildman–Crippen MR) is 100 cm³/mol. The quantitative estimate of drug-likeness (QED) is 0.556. The third-order valence-electron chi connectivity index (χ3n) is 4.06. The van der Waals surface area contributed by atoms with Gasteiger partial charge in [-0.25, -0.2) is 0 Å². The van der Waals surface area contributed by atoms with Crippen LogP contribution in [0.15, 0.2) is 60.7 Å². The number of rotatable bonds is 3. The van der Waals surface area contributed by atoms with Gasteiger partial charge in [0.1, 0.15) is 0 Å². The predicted octanol–water partition coefficient (Wildman–Crippen LogP) is 5.81. The Morgan fingerprint density at radius 3 is 2.33 bits per heavy atom. The first-order valence-electron chi connectivity index (χ1n) is 7.72. The molecule has 0 aliphatic carbocycles. The summed E-state index contributed by atoms with van der Waals surface area (Å²) in [6, 6.07) is 21.9. The molecule has 2 aromatic carbocycles. The molecule has 0 bridgehead atoms. The van der Waals surface area contributed by atoms with E-state index in [4.69, 9.17) is 11.6 Å². The highest BCUT2D eigenvalue weighted by Gasteiger charge is 2.10. The lowest BCUT2D eigenvalue weighted by Gasteiger charge is -2.09. The third kappa shape index (κ3) is 3.13. The zero-order chi connectivity index (χ0) is 17.1. The van der Waals surface area contributed by atoms with Gasteiger partial charge in [0, 0.05) is 22.1 Å². The van der Waals surface area contributed by atoms with Crippen LogP contribution in [-0.4, -0.2) is 4.57 Å². The first kappa shape index (κ1) is 16.1. The van der Waals surface area contributed by atoms with Crippen molar-refractivity contribution in [2.75, 3.05) is 0 Å². The molecule has 0 aliphatic rings. The lowest BCUT2D eigenvalue weighted by atomic mass is 10.0. The van der Waals surface area contributed by atoms with E-state index in [0.717, 1.165) is 33.2 Å². The first-order chi connectivity index (χ1) is 11.6. The van der Waals surface area contributed by atoms with Crippen molar-refractivity contribution in [3.63, 3.8) is 0 Å². The first-order valence-corrected chi connectivity index (χ1v) is 8.10. The van der Waals surface area contributed by atoms with E-state index in [9.17, 15) is 5.26 Å². The van der Waals surface area contributed by atoms with Crippen LogP contribution in [0.25, 0.3) is 17.3 Å². The average molecular weight is 333 g/mol. The van der Waals surface area contributed by atoms with E-state index in [1.54, 1.807) is 0 Å². The van der Waals surface area contributed by atoms with Gasteiger partial charge in [-0.3, -0.25) is 0 Å². The smallest absolute Gasteiger partial charge is 0.0998 e. The molecule has 3 heteroatoms. The zero-order valence-electron chi connectivity index (χ0n) is 13.6. The number of nitriles is 1. The van der Waals surface area contributed by atoms with Gasteiger partial charge in [-0.1, -0.05) is 41.9 Å². The summed E-state index contributed by atoms with van der Waals surface area (Å²) in [5, 5.41) is 10.2. The maximum atomic E-state index is 9.52. The zero-order valence-corrected chi connectivity index (χ0v) is 14.4. The molecule has 0 fully saturated rings. The second-order valence-electron chi connectivity index (χ2n) is 5.67. The van der Waals surface area contributed by atoms with E-state index in [2.05, 4.69) is 30.6 Å². The fourth-order valence-electron chi connectivity index (χ4n) is 2.87. The molecule has 2 nitrogen and oxygen atoms in total. The number of benzene rings is 2. The summed E-state index contributed by atoms with van der Waals surface area (Å²) in [5.74, 6) is 0. The maximum absolute atomic E-state index is 9.52. The molecule has 3 rings (SSSR count). The Balaban J connectivity index is 2.08. The fraction of sp³-hybridized carbons (Fsp3) is 0.0952. The van der Waals surface area contributed by atoms with Crippen LogP contribution in [0.2, 0.25) is 5.02 Å². The number of aromatic nitrogens is 1. The fourth-order valence-corrected chi connectivity index (χ4v) is 3.00. The lowest BCUT2D eigenvalue weighted by molar-refractivity contribution is 0.964. The Hall–Kier alpha value is -2.76. The van der Waals surface area contributed by atoms with E-state index >= 15 is 0 Å². The van der Waals surface area contributed by atoms with Gasteiger partial charge >= 0.3 is 0 Å². The summed E-state index contributed by atoms with van der Waals surface area (Å²) in [7, 11) is 0. The van der Waals surface area contributed by atoms with Crippen LogP contribution in [-0.2, 0) is 0 Å². The molecule has 0 unspecified atom stereocenters. The van der Waals surface area contributed by atoms with Crippen molar-refractivity contribution in [1.29, 1.82) is 5.26 Å². The maximum Gasteiger partial charge on any atom is 0.0998 e. The molecule has 0 saturated carbocycles. The average Bonchev–Trinajstić information content (AvgIpc) is 2.88. The Labute approximate surface area is 147 Å². The SMILES string of the molecule is Cc1cc(C=C(C#N)c2ccccc2)c(C)n1-c1ccc(Cl)cc1. The standard InChI is InChI=1S/C21H17ClN2/c1-15-12-18(13-19(14-23)17-6-4-3-5-7-17)16(2)24(15)21-10-8-20(22)9-11-21/h3-13H,1-2H3. The van der Waals surface area contributed by atoms with Crippen LogP contribution in [0.5, 0.6) is 0 Å². The third-order valence-corrected chi connectivity index (χ3v) is 4.31. The van der Waals surface area contributed by atoms with Gasteiger partial charge in [0.15, 0.2) is 0 Å². The van der Waals surface area contributed by atoms with Crippen LogP contribution < -0.4 is 0 Å². The van der Waals surface area contributed by atoms with Gasteiger partial charge in [-0.2, -0.15) is 5.26 Å². The van der Waals surface area contributed by atoms with Crippen molar-refractivity contribution in [1.82, 2.24) is 4.57 Å². The number of aryl methyl sites for hydroxylation is 1. The van der Waals surface area contributed by atoms with Gasteiger partial charge in [0.25, 0.3) is 0 Å². The molecule has 0 spiro atoms. The Morgan fingerprint density at radius 2 is 1.71 bits per heavy atom. The molecular weight excluding hydrogens is 316 g/mol. The number of allylic oxidation sites excluding steroid dienone is 1. The molecule has 24 heavy (non-hydrogen) atoms. The van der Waals surface area contributed by atoms with E-state index in [1.807, 2.05) is 60.7 Å². The number of hydrogen-bond acceptors (Lipinski definition) is 1. The highest BCUT2D eigenvalue weighted by atomic mass is 35.5.